The first-order valence-electron chi connectivity index (χ1n) is 9.68. The topological polar surface area (TPSA) is 52.7 Å². The minimum Gasteiger partial charge on any atom is -0.340 e. The van der Waals surface area contributed by atoms with E-state index in [1.165, 1.54) is 0 Å². The molecule has 0 unspecified atom stereocenters. The minimum absolute atomic E-state index is 0.0116. The number of hydrogen-bond acceptors (Lipinski definition) is 3. The number of nitrogens with one attached hydrogen (secondary N) is 1. The van der Waals surface area contributed by atoms with Crippen LogP contribution in [0.25, 0.3) is 0 Å². The van der Waals surface area contributed by atoms with Crippen LogP contribution in [-0.4, -0.2) is 48.3 Å². The molecule has 1 aliphatic rings. The number of hydrogen-bond donors (Lipinski definition) is 1. The summed E-state index contributed by atoms with van der Waals surface area (Å²) in [7, 11) is 1.77. The number of halogens is 2. The monoisotopic (exact) mass is 433 g/mol. The number of anilines is 1. The van der Waals surface area contributed by atoms with E-state index in [2.05, 4.69) is 10.2 Å². The SMILES string of the molecule is CN(Cc1ccc(Cl)c(Cl)c1)C(=O)CN1CCC[C@H](C(=O)Nc2ccccc2)C1. The van der Waals surface area contributed by atoms with Gasteiger partial charge in [0.1, 0.15) is 0 Å². The lowest BCUT2D eigenvalue weighted by atomic mass is 9.97. The second kappa shape index (κ2) is 10.1. The van der Waals surface area contributed by atoms with Gasteiger partial charge in [0.15, 0.2) is 0 Å². The van der Waals surface area contributed by atoms with E-state index >= 15 is 0 Å². The maximum atomic E-state index is 12.7. The molecule has 0 saturated carbocycles. The van der Waals surface area contributed by atoms with Gasteiger partial charge in [0.2, 0.25) is 11.8 Å². The van der Waals surface area contributed by atoms with Gasteiger partial charge in [-0.25, -0.2) is 0 Å². The summed E-state index contributed by atoms with van der Waals surface area (Å²) in [5.41, 5.74) is 1.72. The van der Waals surface area contributed by atoms with E-state index in [9.17, 15) is 9.59 Å². The first-order valence-corrected chi connectivity index (χ1v) is 10.4. The van der Waals surface area contributed by atoms with Gasteiger partial charge >= 0.3 is 0 Å². The number of carbonyl (C=O) groups excluding carboxylic acids is 2. The van der Waals surface area contributed by atoms with Gasteiger partial charge in [0.05, 0.1) is 22.5 Å². The summed E-state index contributed by atoms with van der Waals surface area (Å²) in [4.78, 5) is 29.0. The highest BCUT2D eigenvalue weighted by atomic mass is 35.5. The Morgan fingerprint density at radius 1 is 1.14 bits per heavy atom. The van der Waals surface area contributed by atoms with Gasteiger partial charge in [-0.1, -0.05) is 47.5 Å². The molecule has 7 heteroatoms. The second-order valence-electron chi connectivity index (χ2n) is 7.43. The molecule has 29 heavy (non-hydrogen) atoms. The fraction of sp³-hybridized carbons (Fsp3) is 0.364. The Hall–Kier alpha value is -2.08. The molecule has 0 aromatic heterocycles. The third-order valence-electron chi connectivity index (χ3n) is 5.11. The van der Waals surface area contributed by atoms with Gasteiger partial charge < -0.3 is 10.2 Å². The highest BCUT2D eigenvalue weighted by Crippen LogP contribution is 2.23. The molecule has 1 aliphatic heterocycles. The summed E-state index contributed by atoms with van der Waals surface area (Å²) in [6.45, 7) is 2.17. The Balaban J connectivity index is 1.51. The average molecular weight is 434 g/mol. The van der Waals surface area contributed by atoms with Crippen molar-refractivity contribution in [2.45, 2.75) is 19.4 Å². The number of piperidine rings is 1. The fourth-order valence-corrected chi connectivity index (χ4v) is 3.81. The molecule has 1 fully saturated rings. The lowest BCUT2D eigenvalue weighted by molar-refractivity contribution is -0.133. The molecule has 1 saturated heterocycles. The van der Waals surface area contributed by atoms with Gasteiger partial charge in [-0.05, 0) is 49.2 Å². The van der Waals surface area contributed by atoms with Crippen LogP contribution in [-0.2, 0) is 16.1 Å². The summed E-state index contributed by atoms with van der Waals surface area (Å²) < 4.78 is 0. The van der Waals surface area contributed by atoms with Crippen LogP contribution >= 0.6 is 23.2 Å². The van der Waals surface area contributed by atoms with Crippen molar-refractivity contribution in [2.24, 2.45) is 5.92 Å². The van der Waals surface area contributed by atoms with E-state index in [-0.39, 0.29) is 17.7 Å². The molecule has 3 rings (SSSR count). The Morgan fingerprint density at radius 2 is 1.90 bits per heavy atom. The van der Waals surface area contributed by atoms with Crippen LogP contribution in [0.1, 0.15) is 18.4 Å². The van der Waals surface area contributed by atoms with Crippen LogP contribution < -0.4 is 5.32 Å². The molecule has 1 atom stereocenters. The maximum absolute atomic E-state index is 12.7. The van der Waals surface area contributed by atoms with E-state index in [1.54, 1.807) is 24.1 Å². The Morgan fingerprint density at radius 3 is 2.62 bits per heavy atom. The number of para-hydroxylation sites is 1. The van der Waals surface area contributed by atoms with Crippen molar-refractivity contribution >= 4 is 40.7 Å². The molecule has 2 aromatic carbocycles. The van der Waals surface area contributed by atoms with Crippen molar-refractivity contribution in [1.82, 2.24) is 9.80 Å². The van der Waals surface area contributed by atoms with Crippen molar-refractivity contribution in [2.75, 3.05) is 32.0 Å². The van der Waals surface area contributed by atoms with Crippen LogP contribution in [0.3, 0.4) is 0 Å². The predicted octanol–water partition coefficient (Wildman–Crippen LogP) is 4.30. The molecule has 0 aliphatic carbocycles. The summed E-state index contributed by atoms with van der Waals surface area (Å²) in [6.07, 6.45) is 1.74. The molecule has 0 bridgehead atoms. The van der Waals surface area contributed by atoms with Crippen molar-refractivity contribution in [3.05, 3.63) is 64.1 Å². The highest BCUT2D eigenvalue weighted by Gasteiger charge is 2.27. The van der Waals surface area contributed by atoms with Crippen LogP contribution in [0, 0.1) is 5.92 Å². The highest BCUT2D eigenvalue weighted by molar-refractivity contribution is 6.42. The number of carbonyl (C=O) groups is 2. The average Bonchev–Trinajstić information content (AvgIpc) is 2.71. The largest absolute Gasteiger partial charge is 0.340 e. The summed E-state index contributed by atoms with van der Waals surface area (Å²) >= 11 is 12.0. The van der Waals surface area contributed by atoms with Crippen molar-refractivity contribution < 1.29 is 9.59 Å². The van der Waals surface area contributed by atoms with Gasteiger partial charge in [0.25, 0.3) is 0 Å². The molecule has 154 valence electrons. The minimum atomic E-state index is -0.114. The molecular weight excluding hydrogens is 409 g/mol. The smallest absolute Gasteiger partial charge is 0.236 e. The Labute approximate surface area is 181 Å². The van der Waals surface area contributed by atoms with Gasteiger partial charge in [-0.15, -0.1) is 0 Å². The number of rotatable bonds is 6. The van der Waals surface area contributed by atoms with Gasteiger partial charge in [-0.3, -0.25) is 14.5 Å². The zero-order valence-electron chi connectivity index (χ0n) is 16.4. The van der Waals surface area contributed by atoms with E-state index in [1.807, 2.05) is 36.4 Å². The Kier molecular flexibility index (Phi) is 7.53. The van der Waals surface area contributed by atoms with E-state index < -0.39 is 0 Å². The molecule has 1 N–H and O–H groups in total. The lowest BCUT2D eigenvalue weighted by Crippen LogP contribution is -2.45. The lowest BCUT2D eigenvalue weighted by Gasteiger charge is -2.32. The van der Waals surface area contributed by atoms with Crippen molar-refractivity contribution in [3.8, 4) is 0 Å². The zero-order chi connectivity index (χ0) is 20.8. The molecule has 0 radical (unpaired) electrons. The normalized spacial score (nSPS) is 17.0. The van der Waals surface area contributed by atoms with Gasteiger partial charge in [-0.2, -0.15) is 0 Å². The fourth-order valence-electron chi connectivity index (χ4n) is 3.49. The number of likely N-dealkylation sites (tertiary alicyclic amines) is 1. The molecule has 2 aromatic rings. The van der Waals surface area contributed by atoms with Crippen LogP contribution in [0.2, 0.25) is 10.0 Å². The van der Waals surface area contributed by atoms with Crippen LogP contribution in [0.5, 0.6) is 0 Å². The number of amides is 2. The summed E-state index contributed by atoms with van der Waals surface area (Å²) in [6, 6.07) is 14.8. The van der Waals surface area contributed by atoms with E-state index in [0.717, 1.165) is 30.6 Å². The molecule has 1 heterocycles. The molecule has 5 nitrogen and oxygen atoms in total. The third-order valence-corrected chi connectivity index (χ3v) is 5.85. The number of likely N-dealkylation sites (N-methyl/N-ethyl adjacent to an activating group) is 1. The summed E-state index contributed by atoms with van der Waals surface area (Å²) in [5.74, 6) is -0.0881. The van der Waals surface area contributed by atoms with E-state index in [0.29, 0.717) is 29.7 Å². The zero-order valence-corrected chi connectivity index (χ0v) is 17.9. The Bertz CT molecular complexity index is 860. The number of nitrogens with zero attached hydrogens (tertiary/aromatic N) is 2. The van der Waals surface area contributed by atoms with E-state index in [4.69, 9.17) is 23.2 Å². The van der Waals surface area contributed by atoms with Crippen LogP contribution in [0.4, 0.5) is 5.69 Å². The van der Waals surface area contributed by atoms with Crippen molar-refractivity contribution in [1.29, 1.82) is 0 Å². The quantitative estimate of drug-likeness (QED) is 0.738. The first-order chi connectivity index (χ1) is 13.9. The molecule has 0 spiro atoms. The molecular formula is C22H25Cl2N3O2. The third kappa shape index (κ3) is 6.20. The maximum Gasteiger partial charge on any atom is 0.236 e. The predicted molar refractivity (Wildman–Crippen MR) is 117 cm³/mol. The number of benzene rings is 2. The van der Waals surface area contributed by atoms with Crippen molar-refractivity contribution in [3.63, 3.8) is 0 Å². The van der Waals surface area contributed by atoms with Gasteiger partial charge in [0, 0.05) is 25.8 Å². The molecule has 2 amide bonds. The van der Waals surface area contributed by atoms with Crippen LogP contribution in [0.15, 0.2) is 48.5 Å². The standard InChI is InChI=1S/C22H25Cl2N3O2/c1-26(13-16-9-10-19(23)20(24)12-16)21(28)15-27-11-5-6-17(14-27)22(29)25-18-7-3-2-4-8-18/h2-4,7-10,12,17H,5-6,11,13-15H2,1H3,(H,25,29)/t17-/m0/s1. The summed E-state index contributed by atoms with van der Waals surface area (Å²) in [5, 5.41) is 3.94. The first kappa shape index (κ1) is 21.6. The second-order valence-corrected chi connectivity index (χ2v) is 8.24.